The number of anilines is 2. The Morgan fingerprint density at radius 1 is 1.03 bits per heavy atom. The number of amides is 1. The van der Waals surface area contributed by atoms with E-state index in [0.717, 1.165) is 28.1 Å². The van der Waals surface area contributed by atoms with Gasteiger partial charge < -0.3 is 19.9 Å². The molecule has 9 heteroatoms. The molecule has 200 valence electrons. The summed E-state index contributed by atoms with van der Waals surface area (Å²) in [4.78, 5) is 36.0. The zero-order valence-corrected chi connectivity index (χ0v) is 22.6. The molecule has 1 aliphatic heterocycles. The Morgan fingerprint density at radius 2 is 1.79 bits per heavy atom. The van der Waals surface area contributed by atoms with Crippen molar-refractivity contribution in [3.05, 3.63) is 36.3 Å². The SMILES string of the molecule is CC(C)(C)OC(=O)N1CCN(c2nc(-c3ccnc(NC4CCCC4)c3)nc3cncc(C4CC4)c23)CC1. The first kappa shape index (κ1) is 24.8. The number of carbonyl (C=O) groups excluding carboxylic acids is 1. The second-order valence-electron chi connectivity index (χ2n) is 11.8. The molecule has 6 rings (SSSR count). The van der Waals surface area contributed by atoms with Gasteiger partial charge in [0, 0.05) is 55.6 Å². The minimum atomic E-state index is -0.506. The zero-order valence-electron chi connectivity index (χ0n) is 22.6. The number of rotatable bonds is 5. The Balaban J connectivity index is 1.32. The van der Waals surface area contributed by atoms with Crippen LogP contribution in [0.1, 0.15) is 70.8 Å². The topological polar surface area (TPSA) is 96.4 Å². The zero-order chi connectivity index (χ0) is 26.3. The van der Waals surface area contributed by atoms with E-state index >= 15 is 0 Å². The number of hydrogen-bond donors (Lipinski definition) is 1. The van der Waals surface area contributed by atoms with Crippen molar-refractivity contribution < 1.29 is 9.53 Å². The Labute approximate surface area is 224 Å². The molecule has 0 spiro atoms. The third kappa shape index (κ3) is 5.37. The van der Waals surface area contributed by atoms with Gasteiger partial charge in [0.15, 0.2) is 5.82 Å². The van der Waals surface area contributed by atoms with Crippen LogP contribution in [0.15, 0.2) is 30.7 Å². The maximum absolute atomic E-state index is 12.7. The normalized spacial score (nSPS) is 18.7. The van der Waals surface area contributed by atoms with Crippen LogP contribution in [-0.2, 0) is 4.74 Å². The summed E-state index contributed by atoms with van der Waals surface area (Å²) in [7, 11) is 0. The summed E-state index contributed by atoms with van der Waals surface area (Å²) in [5.41, 5.74) is 2.53. The van der Waals surface area contributed by atoms with E-state index in [2.05, 4.69) is 26.3 Å². The van der Waals surface area contributed by atoms with Crippen LogP contribution in [0.5, 0.6) is 0 Å². The van der Waals surface area contributed by atoms with E-state index in [4.69, 9.17) is 14.7 Å². The highest BCUT2D eigenvalue weighted by Crippen LogP contribution is 2.45. The Kier molecular flexibility index (Phi) is 6.53. The van der Waals surface area contributed by atoms with Crippen LogP contribution in [0.3, 0.4) is 0 Å². The van der Waals surface area contributed by atoms with Crippen molar-refractivity contribution in [2.24, 2.45) is 0 Å². The lowest BCUT2D eigenvalue weighted by Gasteiger charge is -2.36. The first-order chi connectivity index (χ1) is 18.3. The Bertz CT molecular complexity index is 1320. The Hall–Kier alpha value is -3.49. The van der Waals surface area contributed by atoms with E-state index in [-0.39, 0.29) is 6.09 Å². The molecule has 0 radical (unpaired) electrons. The van der Waals surface area contributed by atoms with Gasteiger partial charge in [0.05, 0.1) is 11.7 Å². The van der Waals surface area contributed by atoms with E-state index in [1.54, 1.807) is 4.90 Å². The number of nitrogens with one attached hydrogen (secondary N) is 1. The molecule has 1 amide bonds. The first-order valence-electron chi connectivity index (χ1n) is 14.0. The number of pyridine rings is 2. The van der Waals surface area contributed by atoms with Crippen LogP contribution >= 0.6 is 0 Å². The molecule has 0 aromatic carbocycles. The van der Waals surface area contributed by atoms with Gasteiger partial charge in [-0.2, -0.15) is 0 Å². The fourth-order valence-electron chi connectivity index (χ4n) is 5.51. The van der Waals surface area contributed by atoms with Gasteiger partial charge in [-0.3, -0.25) is 4.98 Å². The van der Waals surface area contributed by atoms with Gasteiger partial charge in [-0.1, -0.05) is 12.8 Å². The standard InChI is InChI=1S/C29H37N7O2/c1-29(2,3)38-28(37)36-14-12-35(13-15-36)27-25-22(19-8-9-19)17-30-18-23(25)33-26(34-27)20-10-11-31-24(16-20)32-21-6-4-5-7-21/h10-11,16-19,21H,4-9,12-15H2,1-3H3,(H,31,32). The molecule has 3 aliphatic rings. The lowest BCUT2D eigenvalue weighted by Crippen LogP contribution is -2.50. The summed E-state index contributed by atoms with van der Waals surface area (Å²) in [5, 5.41) is 4.68. The molecule has 4 heterocycles. The van der Waals surface area contributed by atoms with Gasteiger partial charge in [0.2, 0.25) is 0 Å². The first-order valence-corrected chi connectivity index (χ1v) is 14.0. The molecule has 1 saturated heterocycles. The Morgan fingerprint density at radius 3 is 2.50 bits per heavy atom. The van der Waals surface area contributed by atoms with Gasteiger partial charge in [-0.25, -0.2) is 19.7 Å². The van der Waals surface area contributed by atoms with Gasteiger partial charge in [0.1, 0.15) is 17.2 Å². The number of ether oxygens (including phenoxy) is 1. The lowest BCUT2D eigenvalue weighted by molar-refractivity contribution is 0.0240. The molecular formula is C29H37N7O2. The van der Waals surface area contributed by atoms with Gasteiger partial charge in [-0.05, 0) is 70.1 Å². The van der Waals surface area contributed by atoms with Crippen molar-refractivity contribution in [2.75, 3.05) is 36.4 Å². The summed E-state index contributed by atoms with van der Waals surface area (Å²) in [5.74, 6) is 3.00. The molecule has 1 N–H and O–H groups in total. The monoisotopic (exact) mass is 515 g/mol. The van der Waals surface area contributed by atoms with Crippen molar-refractivity contribution >= 4 is 28.6 Å². The summed E-state index contributed by atoms with van der Waals surface area (Å²) in [6, 6.07) is 4.52. The molecule has 2 saturated carbocycles. The fraction of sp³-hybridized carbons (Fsp3) is 0.552. The molecule has 38 heavy (non-hydrogen) atoms. The predicted molar refractivity (Wildman–Crippen MR) is 148 cm³/mol. The van der Waals surface area contributed by atoms with E-state index in [1.165, 1.54) is 44.1 Å². The average molecular weight is 516 g/mol. The number of piperazine rings is 1. The highest BCUT2D eigenvalue weighted by Gasteiger charge is 2.31. The third-order valence-electron chi connectivity index (χ3n) is 7.59. The van der Waals surface area contributed by atoms with Crippen molar-refractivity contribution in [3.63, 3.8) is 0 Å². The predicted octanol–water partition coefficient (Wildman–Crippen LogP) is 5.38. The molecule has 3 aromatic heterocycles. The molecule has 0 bridgehead atoms. The number of carbonyl (C=O) groups is 1. The fourth-order valence-corrected chi connectivity index (χ4v) is 5.51. The average Bonchev–Trinajstić information content (AvgIpc) is 3.63. The smallest absolute Gasteiger partial charge is 0.410 e. The highest BCUT2D eigenvalue weighted by atomic mass is 16.6. The van der Waals surface area contributed by atoms with Crippen LogP contribution < -0.4 is 10.2 Å². The molecule has 0 unspecified atom stereocenters. The molecule has 2 aliphatic carbocycles. The summed E-state index contributed by atoms with van der Waals surface area (Å²) in [6.45, 7) is 8.24. The van der Waals surface area contributed by atoms with E-state index in [1.807, 2.05) is 45.4 Å². The van der Waals surface area contributed by atoms with Gasteiger partial charge in [0.25, 0.3) is 0 Å². The van der Waals surface area contributed by atoms with Gasteiger partial charge >= 0.3 is 6.09 Å². The van der Waals surface area contributed by atoms with Crippen molar-refractivity contribution in [2.45, 2.75) is 76.9 Å². The van der Waals surface area contributed by atoms with Crippen molar-refractivity contribution in [3.8, 4) is 11.4 Å². The van der Waals surface area contributed by atoms with Gasteiger partial charge in [-0.15, -0.1) is 0 Å². The van der Waals surface area contributed by atoms with Crippen LogP contribution in [-0.4, -0.2) is 68.8 Å². The summed E-state index contributed by atoms with van der Waals surface area (Å²) >= 11 is 0. The number of nitrogens with zero attached hydrogens (tertiary/aromatic N) is 6. The molecule has 3 aromatic rings. The van der Waals surface area contributed by atoms with E-state index in [0.29, 0.717) is 44.0 Å². The molecule has 9 nitrogen and oxygen atoms in total. The molecule has 0 atom stereocenters. The minimum Gasteiger partial charge on any atom is -0.444 e. The van der Waals surface area contributed by atoms with E-state index in [9.17, 15) is 4.79 Å². The van der Waals surface area contributed by atoms with Crippen LogP contribution in [0, 0.1) is 0 Å². The van der Waals surface area contributed by atoms with Crippen molar-refractivity contribution in [1.29, 1.82) is 0 Å². The van der Waals surface area contributed by atoms with Crippen molar-refractivity contribution in [1.82, 2.24) is 24.8 Å². The number of hydrogen-bond acceptors (Lipinski definition) is 8. The third-order valence-corrected chi connectivity index (χ3v) is 7.59. The lowest BCUT2D eigenvalue weighted by atomic mass is 10.1. The maximum atomic E-state index is 12.7. The largest absolute Gasteiger partial charge is 0.444 e. The summed E-state index contributed by atoms with van der Waals surface area (Å²) < 4.78 is 5.61. The highest BCUT2D eigenvalue weighted by molar-refractivity contribution is 5.94. The van der Waals surface area contributed by atoms with Crippen LogP contribution in [0.25, 0.3) is 22.3 Å². The molecular weight excluding hydrogens is 478 g/mol. The second kappa shape index (κ2) is 10.0. The van der Waals surface area contributed by atoms with E-state index < -0.39 is 5.60 Å². The minimum absolute atomic E-state index is 0.257. The maximum Gasteiger partial charge on any atom is 0.410 e. The number of fused-ring (bicyclic) bond motifs is 1. The molecule has 3 fully saturated rings. The second-order valence-corrected chi connectivity index (χ2v) is 11.8. The van der Waals surface area contributed by atoms with Crippen LogP contribution in [0.2, 0.25) is 0 Å². The number of aromatic nitrogens is 4. The summed E-state index contributed by atoms with van der Waals surface area (Å²) in [6.07, 6.45) is 12.7. The quantitative estimate of drug-likeness (QED) is 0.484. The van der Waals surface area contributed by atoms with Crippen LogP contribution in [0.4, 0.5) is 16.4 Å².